The highest BCUT2D eigenvalue weighted by Gasteiger charge is 2.28. The van der Waals surface area contributed by atoms with Crippen molar-refractivity contribution in [2.75, 3.05) is 6.61 Å². The Kier molecular flexibility index (Phi) is 3.66. The molecule has 0 saturated heterocycles. The van der Waals surface area contributed by atoms with Crippen LogP contribution in [0.2, 0.25) is 0 Å². The van der Waals surface area contributed by atoms with Crippen LogP contribution in [-0.2, 0) is 16.1 Å². The number of rotatable bonds is 3. The first-order chi connectivity index (χ1) is 11.7. The number of fused-ring (bicyclic) bond motifs is 2. The van der Waals surface area contributed by atoms with Crippen molar-refractivity contribution < 1.29 is 19.0 Å². The Bertz CT molecular complexity index is 964. The lowest BCUT2D eigenvalue weighted by Crippen LogP contribution is -2.37. The Morgan fingerprint density at radius 1 is 1.33 bits per heavy atom. The molecule has 8 heteroatoms. The van der Waals surface area contributed by atoms with Crippen LogP contribution >= 0.6 is 11.3 Å². The summed E-state index contributed by atoms with van der Waals surface area (Å²) in [5.41, 5.74) is 0.341. The van der Waals surface area contributed by atoms with E-state index in [1.165, 1.54) is 11.3 Å². The van der Waals surface area contributed by atoms with Crippen LogP contribution in [0.5, 0.6) is 11.5 Å². The number of hydrogen-bond acceptors (Lipinski definition) is 7. The summed E-state index contributed by atoms with van der Waals surface area (Å²) in [5.74, 6) is 0.807. The first kappa shape index (κ1) is 14.7. The molecule has 1 N–H and O–H groups in total. The molecule has 3 heterocycles. The summed E-state index contributed by atoms with van der Waals surface area (Å²) in [4.78, 5) is 30.9. The Labute approximate surface area is 139 Å². The number of thiophene rings is 1. The molecule has 122 valence electrons. The van der Waals surface area contributed by atoms with Crippen molar-refractivity contribution in [1.29, 1.82) is 0 Å². The Morgan fingerprint density at radius 3 is 3.04 bits per heavy atom. The molecular weight excluding hydrogens is 332 g/mol. The fourth-order valence-corrected chi connectivity index (χ4v) is 3.08. The maximum atomic E-state index is 12.1. The largest absolute Gasteiger partial charge is 0.485 e. The zero-order valence-corrected chi connectivity index (χ0v) is 13.2. The minimum Gasteiger partial charge on any atom is -0.485 e. The zero-order valence-electron chi connectivity index (χ0n) is 12.4. The summed E-state index contributed by atoms with van der Waals surface area (Å²) < 4.78 is 16.8. The molecule has 3 aromatic rings. The van der Waals surface area contributed by atoms with E-state index in [-0.39, 0.29) is 24.6 Å². The summed E-state index contributed by atoms with van der Waals surface area (Å²) in [5, 5.41) is 1.79. The minimum atomic E-state index is -0.850. The molecule has 24 heavy (non-hydrogen) atoms. The average Bonchev–Trinajstić information content (AvgIpc) is 3.08. The highest BCUT2D eigenvalue weighted by atomic mass is 32.1. The van der Waals surface area contributed by atoms with Gasteiger partial charge in [-0.3, -0.25) is 4.79 Å². The van der Waals surface area contributed by atoms with Gasteiger partial charge < -0.3 is 19.2 Å². The fraction of sp³-hybridized carbons (Fsp3) is 0.188. The van der Waals surface area contributed by atoms with Crippen molar-refractivity contribution in [3.8, 4) is 11.5 Å². The van der Waals surface area contributed by atoms with Crippen LogP contribution in [0.25, 0.3) is 10.2 Å². The van der Waals surface area contributed by atoms with Crippen LogP contribution in [0.1, 0.15) is 5.82 Å². The second-order valence-electron chi connectivity index (χ2n) is 5.12. The predicted molar refractivity (Wildman–Crippen MR) is 86.4 cm³/mol. The van der Waals surface area contributed by atoms with Gasteiger partial charge in [0.15, 0.2) is 11.5 Å². The van der Waals surface area contributed by atoms with E-state index >= 15 is 0 Å². The molecule has 0 saturated carbocycles. The molecule has 4 rings (SSSR count). The number of H-pyrrole nitrogens is 1. The minimum absolute atomic E-state index is 0.0728. The van der Waals surface area contributed by atoms with Crippen LogP contribution < -0.4 is 15.0 Å². The van der Waals surface area contributed by atoms with E-state index in [2.05, 4.69) is 9.97 Å². The third kappa shape index (κ3) is 2.71. The van der Waals surface area contributed by atoms with Crippen LogP contribution in [0, 0.1) is 0 Å². The van der Waals surface area contributed by atoms with Crippen LogP contribution in [0.4, 0.5) is 0 Å². The molecule has 0 amide bonds. The topological polar surface area (TPSA) is 90.5 Å². The van der Waals surface area contributed by atoms with E-state index in [0.29, 0.717) is 21.7 Å². The van der Waals surface area contributed by atoms with Crippen LogP contribution in [-0.4, -0.2) is 28.6 Å². The molecule has 1 aliphatic rings. The molecule has 1 atom stereocenters. The van der Waals surface area contributed by atoms with Gasteiger partial charge in [-0.1, -0.05) is 12.1 Å². The smallest absolute Gasteiger partial charge is 0.351 e. The maximum absolute atomic E-state index is 12.1. The molecule has 1 aliphatic heterocycles. The first-order valence-electron chi connectivity index (χ1n) is 7.22. The monoisotopic (exact) mass is 344 g/mol. The Balaban J connectivity index is 1.44. The third-order valence-electron chi connectivity index (χ3n) is 3.49. The van der Waals surface area contributed by atoms with Gasteiger partial charge in [0.2, 0.25) is 6.10 Å². The van der Waals surface area contributed by atoms with Crippen LogP contribution in [0.3, 0.4) is 0 Å². The summed E-state index contributed by atoms with van der Waals surface area (Å²) >= 11 is 1.31. The van der Waals surface area contributed by atoms with Crippen LogP contribution in [0.15, 0.2) is 40.5 Å². The maximum Gasteiger partial charge on any atom is 0.351 e. The molecule has 7 nitrogen and oxygen atoms in total. The van der Waals surface area contributed by atoms with Crippen molar-refractivity contribution in [2.45, 2.75) is 12.7 Å². The van der Waals surface area contributed by atoms with Gasteiger partial charge in [-0.15, -0.1) is 11.3 Å². The lowest BCUT2D eigenvalue weighted by atomic mass is 10.2. The number of esters is 1. The fourth-order valence-electron chi connectivity index (χ4n) is 2.36. The van der Waals surface area contributed by atoms with Crippen molar-refractivity contribution in [1.82, 2.24) is 9.97 Å². The number of hydrogen-bond donors (Lipinski definition) is 1. The second kappa shape index (κ2) is 5.97. The number of nitrogens with zero attached hydrogens (tertiary/aromatic N) is 1. The number of nitrogens with one attached hydrogen (secondary N) is 1. The van der Waals surface area contributed by atoms with Crippen molar-refractivity contribution >= 4 is 27.5 Å². The second-order valence-corrected chi connectivity index (χ2v) is 6.04. The van der Waals surface area contributed by atoms with Gasteiger partial charge in [0.05, 0.1) is 5.52 Å². The number of aromatic nitrogens is 2. The molecule has 0 bridgehead atoms. The number of para-hydroxylation sites is 2. The molecule has 0 spiro atoms. The summed E-state index contributed by atoms with van der Waals surface area (Å²) in [6.45, 7) is -0.0648. The summed E-state index contributed by atoms with van der Waals surface area (Å²) in [7, 11) is 0. The van der Waals surface area contributed by atoms with Gasteiger partial charge in [-0.05, 0) is 23.6 Å². The number of carbonyl (C=O) groups excluding carboxylic acids is 1. The van der Waals surface area contributed by atoms with Gasteiger partial charge >= 0.3 is 5.97 Å². The molecule has 0 radical (unpaired) electrons. The number of benzene rings is 1. The summed E-state index contributed by atoms with van der Waals surface area (Å²) in [6.07, 6.45) is -0.850. The number of ether oxygens (including phenoxy) is 3. The Hall–Kier alpha value is -2.87. The van der Waals surface area contributed by atoms with Crippen molar-refractivity contribution in [3.05, 3.63) is 51.9 Å². The average molecular weight is 344 g/mol. The van der Waals surface area contributed by atoms with E-state index in [9.17, 15) is 9.59 Å². The lowest BCUT2D eigenvalue weighted by Gasteiger charge is -2.24. The van der Waals surface area contributed by atoms with E-state index in [0.717, 1.165) is 0 Å². The van der Waals surface area contributed by atoms with Crippen molar-refractivity contribution in [2.24, 2.45) is 0 Å². The number of aromatic amines is 1. The van der Waals surface area contributed by atoms with Gasteiger partial charge in [-0.25, -0.2) is 9.78 Å². The first-order valence-corrected chi connectivity index (χ1v) is 8.10. The van der Waals surface area contributed by atoms with Gasteiger partial charge in [-0.2, -0.15) is 0 Å². The quantitative estimate of drug-likeness (QED) is 0.730. The summed E-state index contributed by atoms with van der Waals surface area (Å²) in [6, 6.07) is 8.85. The SMILES string of the molecule is O=C(OCc1nc2ccsc2c(=O)[nH]1)[C@@H]1COc2ccccc2O1. The molecule has 0 aliphatic carbocycles. The molecule has 2 aromatic heterocycles. The molecule has 1 aromatic carbocycles. The van der Waals surface area contributed by atoms with Gasteiger partial charge in [0.1, 0.15) is 23.7 Å². The lowest BCUT2D eigenvalue weighted by molar-refractivity contribution is -0.156. The van der Waals surface area contributed by atoms with E-state index in [1.807, 2.05) is 6.07 Å². The van der Waals surface area contributed by atoms with Crippen molar-refractivity contribution in [3.63, 3.8) is 0 Å². The molecule has 0 unspecified atom stereocenters. The highest BCUT2D eigenvalue weighted by molar-refractivity contribution is 7.17. The van der Waals surface area contributed by atoms with E-state index in [1.54, 1.807) is 29.6 Å². The van der Waals surface area contributed by atoms with E-state index < -0.39 is 12.1 Å². The number of carbonyl (C=O) groups is 1. The standard InChI is InChI=1S/C16H12N2O5S/c19-15-14-9(5-6-24-14)17-13(18-15)8-22-16(20)12-7-21-10-3-1-2-4-11(10)23-12/h1-6,12H,7-8H2,(H,17,18,19)/t12-/m0/s1. The van der Waals surface area contributed by atoms with Gasteiger partial charge in [0.25, 0.3) is 5.56 Å². The van der Waals surface area contributed by atoms with Gasteiger partial charge in [0, 0.05) is 0 Å². The molecular formula is C16H12N2O5S. The predicted octanol–water partition coefficient (Wildman–Crippen LogP) is 1.87. The normalized spacial score (nSPS) is 16.1. The van der Waals surface area contributed by atoms with E-state index in [4.69, 9.17) is 14.2 Å². The highest BCUT2D eigenvalue weighted by Crippen LogP contribution is 2.31. The molecule has 0 fully saturated rings. The zero-order chi connectivity index (χ0) is 16.5. The third-order valence-corrected chi connectivity index (χ3v) is 4.39. The Morgan fingerprint density at radius 2 is 2.17 bits per heavy atom.